The molecule has 0 aromatic heterocycles. The number of hydrogen-bond donors (Lipinski definition) is 0. The van der Waals surface area contributed by atoms with Crippen molar-refractivity contribution in [2.24, 2.45) is 0 Å². The fourth-order valence-corrected chi connectivity index (χ4v) is 2.11. The molecule has 0 saturated carbocycles. The van der Waals surface area contributed by atoms with Crippen LogP contribution in [0.1, 0.15) is 12.8 Å². The van der Waals surface area contributed by atoms with E-state index in [-0.39, 0.29) is 3.91 Å². The molecule has 64 valence electrons. The second kappa shape index (κ2) is 4.80. The third kappa shape index (κ3) is 3.02. The lowest BCUT2D eigenvalue weighted by atomic mass is 10.1. The van der Waals surface area contributed by atoms with Crippen molar-refractivity contribution < 1.29 is 7.86 Å². The van der Waals surface area contributed by atoms with E-state index < -0.39 is 0 Å². The number of carbonyl (C=O) groups excluding carboxylic acids is 1. The van der Waals surface area contributed by atoms with Gasteiger partial charge in [-0.25, -0.2) is 0 Å². The SMILES string of the molecule is O=C(I)N1CCC(OI)CC1. The highest BCUT2D eigenvalue weighted by molar-refractivity contribution is 14.1. The van der Waals surface area contributed by atoms with Gasteiger partial charge in [0.1, 0.15) is 23.0 Å². The van der Waals surface area contributed by atoms with Gasteiger partial charge in [-0.1, -0.05) is 0 Å². The second-order valence-electron chi connectivity index (χ2n) is 2.53. The van der Waals surface area contributed by atoms with E-state index in [1.165, 1.54) is 0 Å². The van der Waals surface area contributed by atoms with Crippen molar-refractivity contribution in [3.05, 3.63) is 0 Å². The van der Waals surface area contributed by atoms with Crippen molar-refractivity contribution in [3.63, 3.8) is 0 Å². The second-order valence-corrected chi connectivity index (χ2v) is 3.96. The standard InChI is InChI=1S/C6H9I2NO2/c7-6(10)9-3-1-5(11-8)2-4-9/h5H,1-4H2. The Balaban J connectivity index is 2.30. The smallest absolute Gasteiger partial charge is 0.283 e. The van der Waals surface area contributed by atoms with Crippen molar-refractivity contribution >= 4 is 49.5 Å². The van der Waals surface area contributed by atoms with Gasteiger partial charge in [0, 0.05) is 35.7 Å². The number of hydrogen-bond acceptors (Lipinski definition) is 2. The molecule has 1 aliphatic rings. The van der Waals surface area contributed by atoms with E-state index in [4.69, 9.17) is 3.07 Å². The van der Waals surface area contributed by atoms with Gasteiger partial charge in [-0.05, 0) is 12.8 Å². The van der Waals surface area contributed by atoms with E-state index in [1.54, 1.807) is 0 Å². The summed E-state index contributed by atoms with van der Waals surface area (Å²) < 4.78 is 5.30. The summed E-state index contributed by atoms with van der Waals surface area (Å²) in [6.07, 6.45) is 2.29. The van der Waals surface area contributed by atoms with Gasteiger partial charge >= 0.3 is 0 Å². The van der Waals surface area contributed by atoms with Crippen LogP contribution >= 0.6 is 45.6 Å². The molecule has 0 aromatic carbocycles. The van der Waals surface area contributed by atoms with Crippen molar-refractivity contribution in [2.45, 2.75) is 18.9 Å². The third-order valence-electron chi connectivity index (χ3n) is 1.82. The molecule has 0 atom stereocenters. The molecule has 0 bridgehead atoms. The van der Waals surface area contributed by atoms with E-state index in [0.29, 0.717) is 6.10 Å². The third-order valence-corrected chi connectivity index (χ3v) is 3.22. The normalized spacial score (nSPS) is 20.4. The fraction of sp³-hybridized carbons (Fsp3) is 0.833. The van der Waals surface area contributed by atoms with E-state index in [1.807, 2.05) is 50.5 Å². The number of nitrogens with zero attached hydrogens (tertiary/aromatic N) is 1. The molecule has 1 rings (SSSR count). The first kappa shape index (κ1) is 9.97. The maximum Gasteiger partial charge on any atom is 0.283 e. The molecule has 0 unspecified atom stereocenters. The average molecular weight is 381 g/mol. The minimum Gasteiger partial charge on any atom is -0.334 e. The zero-order valence-corrected chi connectivity index (χ0v) is 10.2. The van der Waals surface area contributed by atoms with Crippen LogP contribution in [0.3, 0.4) is 0 Å². The molecule has 1 aliphatic heterocycles. The number of amides is 1. The van der Waals surface area contributed by atoms with Crippen LogP contribution in [0.5, 0.6) is 0 Å². The summed E-state index contributed by atoms with van der Waals surface area (Å²) >= 11 is 3.75. The van der Waals surface area contributed by atoms with Crippen molar-refractivity contribution in [1.29, 1.82) is 0 Å². The average Bonchev–Trinajstić information content (AvgIpc) is 2.05. The highest BCUT2D eigenvalue weighted by Crippen LogP contribution is 2.17. The van der Waals surface area contributed by atoms with Crippen LogP contribution in [-0.2, 0) is 3.07 Å². The number of rotatable bonds is 1. The van der Waals surface area contributed by atoms with Gasteiger partial charge in [0.2, 0.25) is 0 Å². The van der Waals surface area contributed by atoms with Crippen LogP contribution in [0.25, 0.3) is 0 Å². The van der Waals surface area contributed by atoms with Gasteiger partial charge < -0.3 is 7.97 Å². The molecule has 1 amide bonds. The Kier molecular flexibility index (Phi) is 4.36. The summed E-state index contributed by atoms with van der Waals surface area (Å²) in [6.45, 7) is 1.69. The number of likely N-dealkylation sites (tertiary alicyclic amines) is 1. The lowest BCUT2D eigenvalue weighted by Gasteiger charge is -2.28. The van der Waals surface area contributed by atoms with Gasteiger partial charge in [0.15, 0.2) is 0 Å². The minimum absolute atomic E-state index is 0.148. The summed E-state index contributed by atoms with van der Waals surface area (Å²) in [6, 6.07) is 0. The summed E-state index contributed by atoms with van der Waals surface area (Å²) in [5.74, 6) is 0. The molecule has 0 aliphatic carbocycles. The van der Waals surface area contributed by atoms with Crippen molar-refractivity contribution in [3.8, 4) is 0 Å². The zero-order chi connectivity index (χ0) is 8.27. The first-order valence-electron chi connectivity index (χ1n) is 3.46. The molecule has 3 nitrogen and oxygen atoms in total. The van der Waals surface area contributed by atoms with Crippen LogP contribution in [0.2, 0.25) is 0 Å². The van der Waals surface area contributed by atoms with E-state index in [0.717, 1.165) is 25.9 Å². The summed E-state index contributed by atoms with van der Waals surface area (Å²) in [7, 11) is 0. The first-order valence-corrected chi connectivity index (χ1v) is 5.42. The molecule has 1 heterocycles. The highest BCUT2D eigenvalue weighted by atomic mass is 127. The fourth-order valence-electron chi connectivity index (χ4n) is 1.12. The van der Waals surface area contributed by atoms with Crippen molar-refractivity contribution in [1.82, 2.24) is 4.90 Å². The molecule has 5 heteroatoms. The molecule has 1 fully saturated rings. The van der Waals surface area contributed by atoms with Crippen LogP contribution in [0.15, 0.2) is 0 Å². The molecular weight excluding hydrogens is 372 g/mol. The van der Waals surface area contributed by atoms with Gasteiger partial charge in [0.05, 0.1) is 6.10 Å². The number of piperidine rings is 1. The maximum atomic E-state index is 10.9. The topological polar surface area (TPSA) is 29.5 Å². The first-order chi connectivity index (χ1) is 5.24. The Bertz CT molecular complexity index is 146. The summed E-state index contributed by atoms with van der Waals surface area (Å²) in [5.41, 5.74) is 0. The maximum absolute atomic E-state index is 10.9. The van der Waals surface area contributed by atoms with Gasteiger partial charge in [0.25, 0.3) is 3.91 Å². The minimum atomic E-state index is 0.148. The Morgan fingerprint density at radius 3 is 2.36 bits per heavy atom. The Morgan fingerprint density at radius 2 is 2.00 bits per heavy atom. The lowest BCUT2D eigenvalue weighted by Crippen LogP contribution is -2.37. The van der Waals surface area contributed by atoms with Crippen molar-refractivity contribution in [2.75, 3.05) is 13.1 Å². The lowest BCUT2D eigenvalue weighted by molar-refractivity contribution is 0.155. The molecule has 0 N–H and O–H groups in total. The summed E-state index contributed by atoms with van der Waals surface area (Å²) in [5, 5.41) is 0. The molecule has 0 aromatic rings. The molecular formula is C6H9I2NO2. The highest BCUT2D eigenvalue weighted by Gasteiger charge is 2.20. The molecule has 1 saturated heterocycles. The largest absolute Gasteiger partial charge is 0.334 e. The monoisotopic (exact) mass is 381 g/mol. The van der Waals surface area contributed by atoms with E-state index in [2.05, 4.69) is 0 Å². The van der Waals surface area contributed by atoms with Crippen LogP contribution in [0, 0.1) is 0 Å². The molecule has 0 radical (unpaired) electrons. The molecule has 0 spiro atoms. The van der Waals surface area contributed by atoms with Crippen LogP contribution < -0.4 is 0 Å². The van der Waals surface area contributed by atoms with Gasteiger partial charge in [-0.3, -0.25) is 4.79 Å². The number of halogens is 2. The van der Waals surface area contributed by atoms with Crippen LogP contribution in [-0.4, -0.2) is 28.0 Å². The zero-order valence-electron chi connectivity index (χ0n) is 5.93. The quantitative estimate of drug-likeness (QED) is 0.397. The predicted molar refractivity (Wildman–Crippen MR) is 59.1 cm³/mol. The summed E-state index contributed by atoms with van der Waals surface area (Å²) in [4.78, 5) is 12.7. The van der Waals surface area contributed by atoms with Crippen LogP contribution in [0.4, 0.5) is 4.79 Å². The Labute approximate surface area is 93.7 Å². The molecule has 11 heavy (non-hydrogen) atoms. The Morgan fingerprint density at radius 1 is 1.45 bits per heavy atom. The van der Waals surface area contributed by atoms with Gasteiger partial charge in [-0.2, -0.15) is 0 Å². The van der Waals surface area contributed by atoms with E-state index >= 15 is 0 Å². The predicted octanol–water partition coefficient (Wildman–Crippen LogP) is 2.37. The van der Waals surface area contributed by atoms with Gasteiger partial charge in [-0.15, -0.1) is 0 Å². The van der Waals surface area contributed by atoms with E-state index in [9.17, 15) is 4.79 Å². The number of carbonyl (C=O) groups is 1. The Hall–Kier alpha value is 0.890.